The summed E-state index contributed by atoms with van der Waals surface area (Å²) in [7, 11) is 0. The second-order valence-corrected chi connectivity index (χ2v) is 3.48. The van der Waals surface area contributed by atoms with Gasteiger partial charge in [0.05, 0.1) is 11.6 Å². The smallest absolute Gasteiger partial charge is 0.220 e. The van der Waals surface area contributed by atoms with Crippen LogP contribution in [0.15, 0.2) is 24.3 Å². The van der Waals surface area contributed by atoms with E-state index in [1.54, 1.807) is 12.1 Å². The normalized spacial score (nSPS) is 9.50. The first-order valence-corrected chi connectivity index (χ1v) is 5.22. The second-order valence-electron chi connectivity index (χ2n) is 3.48. The van der Waals surface area contributed by atoms with E-state index in [1.807, 2.05) is 18.2 Å². The van der Waals surface area contributed by atoms with Crippen LogP contribution >= 0.6 is 0 Å². The Labute approximate surface area is 95.1 Å². The number of benzene rings is 1. The average molecular weight is 217 g/mol. The number of amides is 1. The lowest BCUT2D eigenvalue weighted by atomic mass is 10.1. The van der Waals surface area contributed by atoms with Crippen LogP contribution in [0, 0.1) is 11.3 Å². The first-order valence-electron chi connectivity index (χ1n) is 5.22. The van der Waals surface area contributed by atoms with Gasteiger partial charge in [-0.2, -0.15) is 5.26 Å². The van der Waals surface area contributed by atoms with Crippen molar-refractivity contribution in [3.05, 3.63) is 35.4 Å². The third-order valence-electron chi connectivity index (χ3n) is 2.18. The Kier molecular flexibility index (Phi) is 5.03. The van der Waals surface area contributed by atoms with Crippen molar-refractivity contribution in [2.24, 2.45) is 5.73 Å². The van der Waals surface area contributed by atoms with Gasteiger partial charge in [0.15, 0.2) is 0 Å². The molecule has 0 aliphatic carbocycles. The first kappa shape index (κ1) is 12.2. The molecule has 0 aliphatic heterocycles. The number of hydrogen-bond donors (Lipinski definition) is 2. The van der Waals surface area contributed by atoms with Crippen molar-refractivity contribution in [1.29, 1.82) is 5.26 Å². The fraction of sp³-hybridized carbons (Fsp3) is 0.333. The molecule has 4 heteroatoms. The zero-order chi connectivity index (χ0) is 11.8. The predicted molar refractivity (Wildman–Crippen MR) is 61.3 cm³/mol. The van der Waals surface area contributed by atoms with E-state index in [0.717, 1.165) is 5.56 Å². The zero-order valence-electron chi connectivity index (χ0n) is 9.07. The van der Waals surface area contributed by atoms with E-state index in [2.05, 4.69) is 5.32 Å². The van der Waals surface area contributed by atoms with E-state index in [4.69, 9.17) is 11.0 Å². The molecule has 1 rings (SSSR count). The first-order chi connectivity index (χ1) is 7.76. The summed E-state index contributed by atoms with van der Waals surface area (Å²) in [5.74, 6) is 0.00908. The maximum absolute atomic E-state index is 11.3. The molecule has 0 spiro atoms. The Balaban J connectivity index is 2.37. The minimum absolute atomic E-state index is 0.00908. The molecule has 0 saturated carbocycles. The lowest BCUT2D eigenvalue weighted by Gasteiger charge is -2.04. The van der Waals surface area contributed by atoms with Gasteiger partial charge in [-0.1, -0.05) is 12.1 Å². The Morgan fingerprint density at radius 2 is 2.06 bits per heavy atom. The predicted octanol–water partition coefficient (Wildman–Crippen LogP) is 0.913. The molecule has 4 nitrogen and oxygen atoms in total. The molecule has 0 heterocycles. The maximum atomic E-state index is 11.3. The van der Waals surface area contributed by atoms with Crippen molar-refractivity contribution in [3.63, 3.8) is 0 Å². The van der Waals surface area contributed by atoms with Gasteiger partial charge in [-0.25, -0.2) is 0 Å². The molecule has 1 aromatic carbocycles. The Hall–Kier alpha value is -1.86. The van der Waals surface area contributed by atoms with E-state index in [9.17, 15) is 4.79 Å². The van der Waals surface area contributed by atoms with E-state index in [0.29, 0.717) is 31.5 Å². The van der Waals surface area contributed by atoms with E-state index >= 15 is 0 Å². The molecular weight excluding hydrogens is 202 g/mol. The SMILES string of the molecule is N#Cc1ccc(CNC(=O)CCCN)cc1. The molecular formula is C12H15N3O. The summed E-state index contributed by atoms with van der Waals surface area (Å²) >= 11 is 0. The van der Waals surface area contributed by atoms with Gasteiger partial charge in [0, 0.05) is 13.0 Å². The Morgan fingerprint density at radius 3 is 2.62 bits per heavy atom. The number of nitrogens with two attached hydrogens (primary N) is 1. The number of nitriles is 1. The molecule has 0 unspecified atom stereocenters. The second kappa shape index (κ2) is 6.59. The van der Waals surface area contributed by atoms with Crippen LogP contribution < -0.4 is 11.1 Å². The van der Waals surface area contributed by atoms with Crippen LogP contribution in [-0.4, -0.2) is 12.5 Å². The molecule has 16 heavy (non-hydrogen) atoms. The van der Waals surface area contributed by atoms with Crippen molar-refractivity contribution in [1.82, 2.24) is 5.32 Å². The highest BCUT2D eigenvalue weighted by Crippen LogP contribution is 2.02. The average Bonchev–Trinajstić information content (AvgIpc) is 2.34. The number of hydrogen-bond acceptors (Lipinski definition) is 3. The molecule has 0 aliphatic rings. The van der Waals surface area contributed by atoms with Crippen molar-refractivity contribution >= 4 is 5.91 Å². The van der Waals surface area contributed by atoms with E-state index in [1.165, 1.54) is 0 Å². The van der Waals surface area contributed by atoms with Crippen LogP contribution in [0.1, 0.15) is 24.0 Å². The van der Waals surface area contributed by atoms with Gasteiger partial charge < -0.3 is 11.1 Å². The van der Waals surface area contributed by atoms with Gasteiger partial charge >= 0.3 is 0 Å². The van der Waals surface area contributed by atoms with Crippen LogP contribution in [0.4, 0.5) is 0 Å². The van der Waals surface area contributed by atoms with Gasteiger partial charge in [0.1, 0.15) is 0 Å². The van der Waals surface area contributed by atoms with Crippen LogP contribution in [0.25, 0.3) is 0 Å². The standard InChI is InChI=1S/C12H15N3O/c13-7-1-2-12(16)15-9-11-5-3-10(8-14)4-6-11/h3-6H,1-2,7,9,13H2,(H,15,16). The lowest BCUT2D eigenvalue weighted by molar-refractivity contribution is -0.121. The molecule has 0 radical (unpaired) electrons. The highest BCUT2D eigenvalue weighted by atomic mass is 16.1. The van der Waals surface area contributed by atoms with E-state index < -0.39 is 0 Å². The minimum atomic E-state index is 0.00908. The Bertz CT molecular complexity index is 378. The third kappa shape index (κ3) is 4.11. The zero-order valence-corrected chi connectivity index (χ0v) is 9.07. The molecule has 0 bridgehead atoms. The lowest BCUT2D eigenvalue weighted by Crippen LogP contribution is -2.23. The number of nitrogens with zero attached hydrogens (tertiary/aromatic N) is 1. The van der Waals surface area contributed by atoms with Crippen LogP contribution in [-0.2, 0) is 11.3 Å². The van der Waals surface area contributed by atoms with Gasteiger partial charge in [-0.05, 0) is 30.7 Å². The molecule has 0 fully saturated rings. The van der Waals surface area contributed by atoms with Crippen molar-refractivity contribution in [2.45, 2.75) is 19.4 Å². The Morgan fingerprint density at radius 1 is 1.38 bits per heavy atom. The number of carbonyl (C=O) groups is 1. The fourth-order valence-corrected chi connectivity index (χ4v) is 1.25. The highest BCUT2D eigenvalue weighted by molar-refractivity contribution is 5.75. The minimum Gasteiger partial charge on any atom is -0.352 e. The molecule has 3 N–H and O–H groups in total. The summed E-state index contributed by atoms with van der Waals surface area (Å²) in [5, 5.41) is 11.4. The molecule has 0 aromatic heterocycles. The number of carbonyl (C=O) groups excluding carboxylic acids is 1. The maximum Gasteiger partial charge on any atom is 0.220 e. The van der Waals surface area contributed by atoms with Gasteiger partial charge in [0.25, 0.3) is 0 Å². The van der Waals surface area contributed by atoms with Gasteiger partial charge in [-0.15, -0.1) is 0 Å². The van der Waals surface area contributed by atoms with Crippen molar-refractivity contribution in [3.8, 4) is 6.07 Å². The third-order valence-corrected chi connectivity index (χ3v) is 2.18. The van der Waals surface area contributed by atoms with Crippen molar-refractivity contribution < 1.29 is 4.79 Å². The summed E-state index contributed by atoms with van der Waals surface area (Å²) in [6.45, 7) is 1.03. The largest absolute Gasteiger partial charge is 0.352 e. The van der Waals surface area contributed by atoms with Crippen LogP contribution in [0.2, 0.25) is 0 Å². The van der Waals surface area contributed by atoms with Gasteiger partial charge in [0.2, 0.25) is 5.91 Å². The van der Waals surface area contributed by atoms with E-state index in [-0.39, 0.29) is 5.91 Å². The quantitative estimate of drug-likeness (QED) is 0.769. The molecule has 0 atom stereocenters. The summed E-state index contributed by atoms with van der Waals surface area (Å²) in [5.41, 5.74) is 6.91. The number of rotatable bonds is 5. The fourth-order valence-electron chi connectivity index (χ4n) is 1.25. The molecule has 1 amide bonds. The summed E-state index contributed by atoms with van der Waals surface area (Å²) < 4.78 is 0. The van der Waals surface area contributed by atoms with Crippen molar-refractivity contribution in [2.75, 3.05) is 6.54 Å². The topological polar surface area (TPSA) is 78.9 Å². The molecule has 84 valence electrons. The molecule has 1 aromatic rings. The van der Waals surface area contributed by atoms with Gasteiger partial charge in [-0.3, -0.25) is 4.79 Å². The highest BCUT2D eigenvalue weighted by Gasteiger charge is 2.00. The monoisotopic (exact) mass is 217 g/mol. The number of nitrogens with one attached hydrogen (secondary N) is 1. The van der Waals surface area contributed by atoms with Crippen LogP contribution in [0.3, 0.4) is 0 Å². The summed E-state index contributed by atoms with van der Waals surface area (Å²) in [4.78, 5) is 11.3. The summed E-state index contributed by atoms with van der Waals surface area (Å²) in [6.07, 6.45) is 1.17. The van der Waals surface area contributed by atoms with Crippen LogP contribution in [0.5, 0.6) is 0 Å². The summed E-state index contributed by atoms with van der Waals surface area (Å²) in [6, 6.07) is 9.19. The molecule has 0 saturated heterocycles.